The van der Waals surface area contributed by atoms with Crippen LogP contribution in [0.3, 0.4) is 0 Å². The molecular weight excluding hydrogens is 301 g/mol. The van der Waals surface area contributed by atoms with Crippen LogP contribution in [-0.4, -0.2) is 34.2 Å². The molecule has 9 heteroatoms. The summed E-state index contributed by atoms with van der Waals surface area (Å²) >= 11 is 0. The zero-order valence-corrected chi connectivity index (χ0v) is 12.3. The van der Waals surface area contributed by atoms with Crippen LogP contribution in [-0.2, 0) is 4.74 Å². The summed E-state index contributed by atoms with van der Waals surface area (Å²) in [5.41, 5.74) is -0.893. The zero-order valence-electron chi connectivity index (χ0n) is 12.3. The maximum Gasteiger partial charge on any atom is 0.416 e. The predicted molar refractivity (Wildman–Crippen MR) is 70.2 cm³/mol. The third-order valence-electron chi connectivity index (χ3n) is 3.06. The summed E-state index contributed by atoms with van der Waals surface area (Å²) in [6.45, 7) is 4.75. The van der Waals surface area contributed by atoms with Crippen molar-refractivity contribution in [3.8, 4) is 6.07 Å². The Labute approximate surface area is 125 Å². The van der Waals surface area contributed by atoms with Gasteiger partial charge in [0.2, 0.25) is 0 Å². The molecule has 22 heavy (non-hydrogen) atoms. The maximum atomic E-state index is 13.1. The van der Waals surface area contributed by atoms with Gasteiger partial charge in [0.05, 0.1) is 6.20 Å². The second-order valence-electron chi connectivity index (χ2n) is 5.92. The average Bonchev–Trinajstić information content (AvgIpc) is 2.77. The Kier molecular flexibility index (Phi) is 3.81. The summed E-state index contributed by atoms with van der Waals surface area (Å²) in [5.74, 6) is -0.176. The van der Waals surface area contributed by atoms with Crippen LogP contribution in [0.25, 0.3) is 0 Å². The van der Waals surface area contributed by atoms with E-state index in [9.17, 15) is 18.0 Å². The third kappa shape index (κ3) is 3.00. The number of nitriles is 1. The number of ether oxygens (including phenoxy) is 1. The number of hydrogen-bond donors (Lipinski definition) is 0. The predicted octanol–water partition coefficient (Wildman–Crippen LogP) is 3.00. The maximum absolute atomic E-state index is 13.1. The quantitative estimate of drug-likeness (QED) is 0.737. The zero-order chi connectivity index (χ0) is 16.7. The Morgan fingerprint density at radius 3 is 2.59 bits per heavy atom. The summed E-state index contributed by atoms with van der Waals surface area (Å²) in [6, 6.07) is -0.103. The number of halogens is 3. The molecular formula is C13H15F3N4O2. The second-order valence-corrected chi connectivity index (χ2v) is 5.92. The molecule has 1 aromatic heterocycles. The van der Waals surface area contributed by atoms with Gasteiger partial charge in [-0.2, -0.15) is 23.5 Å². The molecule has 1 aliphatic rings. The largest absolute Gasteiger partial charge is 0.443 e. The van der Waals surface area contributed by atoms with Gasteiger partial charge in [-0.1, -0.05) is 0 Å². The number of anilines is 1. The summed E-state index contributed by atoms with van der Waals surface area (Å²) in [6.07, 6.45) is -4.63. The summed E-state index contributed by atoms with van der Waals surface area (Å²) in [7, 11) is 0. The average molecular weight is 316 g/mol. The number of hydrogen-bond acceptors (Lipinski definition) is 4. The number of carbonyl (C=O) groups is 1. The Morgan fingerprint density at radius 1 is 1.45 bits per heavy atom. The van der Waals surface area contributed by atoms with E-state index in [-0.39, 0.29) is 24.3 Å². The van der Waals surface area contributed by atoms with Crippen LogP contribution in [0.5, 0.6) is 0 Å². The minimum absolute atomic E-state index is 0.0974. The van der Waals surface area contributed by atoms with Gasteiger partial charge in [0, 0.05) is 6.54 Å². The van der Waals surface area contributed by atoms with Crippen molar-refractivity contribution in [3.63, 3.8) is 0 Å². The van der Waals surface area contributed by atoms with E-state index < -0.39 is 23.9 Å². The van der Waals surface area contributed by atoms with Crippen LogP contribution >= 0.6 is 0 Å². The van der Waals surface area contributed by atoms with Crippen molar-refractivity contribution >= 4 is 11.9 Å². The summed E-state index contributed by atoms with van der Waals surface area (Å²) in [5, 5.41) is 12.7. The van der Waals surface area contributed by atoms with E-state index >= 15 is 0 Å². The fourth-order valence-electron chi connectivity index (χ4n) is 2.21. The van der Waals surface area contributed by atoms with E-state index in [1.807, 2.05) is 0 Å². The lowest BCUT2D eigenvalue weighted by Gasteiger charge is -2.34. The smallest absolute Gasteiger partial charge is 0.416 e. The minimum Gasteiger partial charge on any atom is -0.443 e. The van der Waals surface area contributed by atoms with Gasteiger partial charge in [-0.15, -0.1) is 0 Å². The number of amides is 1. The number of aromatic nitrogens is 2. The lowest BCUT2D eigenvalue weighted by Crippen LogP contribution is -2.45. The number of fused-ring (bicyclic) bond motifs is 1. The van der Waals surface area contributed by atoms with E-state index in [2.05, 4.69) is 5.10 Å². The summed E-state index contributed by atoms with van der Waals surface area (Å²) in [4.78, 5) is 13.2. The first-order valence-corrected chi connectivity index (χ1v) is 6.59. The number of carbonyl (C=O) groups excluding carboxylic acids is 1. The van der Waals surface area contributed by atoms with Crippen LogP contribution < -0.4 is 4.90 Å². The molecule has 120 valence electrons. The highest BCUT2D eigenvalue weighted by Gasteiger charge is 2.47. The normalized spacial score (nSPS) is 18.6. The Hall–Kier alpha value is -2.24. The number of alkyl halides is 3. The van der Waals surface area contributed by atoms with E-state index in [0.717, 1.165) is 11.1 Å². The first-order valence-electron chi connectivity index (χ1n) is 6.59. The fraction of sp³-hybridized carbons (Fsp3) is 0.615. The molecule has 6 nitrogen and oxygen atoms in total. The van der Waals surface area contributed by atoms with Crippen molar-refractivity contribution in [2.24, 2.45) is 0 Å². The third-order valence-corrected chi connectivity index (χ3v) is 3.06. The number of nitrogens with zero attached hydrogens (tertiary/aromatic N) is 4. The Balaban J connectivity index is 2.43. The van der Waals surface area contributed by atoms with Gasteiger partial charge >= 0.3 is 12.3 Å². The fourth-order valence-corrected chi connectivity index (χ4v) is 2.21. The first-order chi connectivity index (χ1) is 10.0. The van der Waals surface area contributed by atoms with Crippen LogP contribution in [0, 0.1) is 11.3 Å². The summed E-state index contributed by atoms with van der Waals surface area (Å²) < 4.78 is 45.0. The van der Waals surface area contributed by atoms with E-state index in [4.69, 9.17) is 10.00 Å². The molecule has 0 fully saturated rings. The van der Waals surface area contributed by atoms with E-state index in [0.29, 0.717) is 4.68 Å². The highest BCUT2D eigenvalue weighted by molar-refractivity contribution is 5.88. The molecule has 1 atom stereocenters. The lowest BCUT2D eigenvalue weighted by atomic mass is 10.1. The molecule has 0 spiro atoms. The molecule has 0 radical (unpaired) electrons. The molecule has 0 N–H and O–H groups in total. The van der Waals surface area contributed by atoms with Gasteiger partial charge in [0.25, 0.3) is 0 Å². The molecule has 1 aliphatic heterocycles. The van der Waals surface area contributed by atoms with Crippen LogP contribution in [0.15, 0.2) is 6.20 Å². The van der Waals surface area contributed by atoms with Crippen LogP contribution in [0.1, 0.15) is 38.8 Å². The van der Waals surface area contributed by atoms with Gasteiger partial charge in [-0.05, 0) is 27.2 Å². The highest BCUT2D eigenvalue weighted by atomic mass is 19.4. The Bertz CT molecular complexity index is 625. The van der Waals surface area contributed by atoms with Crippen LogP contribution in [0.2, 0.25) is 0 Å². The van der Waals surface area contributed by atoms with Gasteiger partial charge in [-0.25, -0.2) is 9.48 Å². The molecule has 0 bridgehead atoms. The monoisotopic (exact) mass is 316 g/mol. The van der Waals surface area contributed by atoms with Crippen molar-refractivity contribution in [1.82, 2.24) is 9.78 Å². The molecule has 1 unspecified atom stereocenters. The van der Waals surface area contributed by atoms with Gasteiger partial charge in [0.15, 0.2) is 11.9 Å². The van der Waals surface area contributed by atoms with Gasteiger partial charge in [0.1, 0.15) is 17.2 Å². The molecule has 0 saturated heterocycles. The standard InChI is InChI=1S/C13H15F3N4O2/c1-12(2,3)22-11(21)19-5-4-9(13(14,15)16)20-10(19)8(6-17)7-18-20/h7,9H,4-5H2,1-3H3. The molecule has 1 amide bonds. The molecule has 0 aromatic carbocycles. The molecule has 2 heterocycles. The van der Waals surface area contributed by atoms with Crippen molar-refractivity contribution in [3.05, 3.63) is 11.8 Å². The van der Waals surface area contributed by atoms with Crippen molar-refractivity contribution in [2.75, 3.05) is 11.4 Å². The van der Waals surface area contributed by atoms with Gasteiger partial charge < -0.3 is 4.74 Å². The van der Waals surface area contributed by atoms with Crippen LogP contribution in [0.4, 0.5) is 23.8 Å². The topological polar surface area (TPSA) is 71.2 Å². The van der Waals surface area contributed by atoms with E-state index in [1.54, 1.807) is 26.8 Å². The SMILES string of the molecule is CC(C)(C)OC(=O)N1CCC(C(F)(F)F)n2ncc(C#N)c21. The minimum atomic E-state index is -4.51. The molecule has 0 saturated carbocycles. The Morgan fingerprint density at radius 2 is 2.09 bits per heavy atom. The van der Waals surface area contributed by atoms with Crippen molar-refractivity contribution in [1.29, 1.82) is 5.26 Å². The molecule has 0 aliphatic carbocycles. The lowest BCUT2D eigenvalue weighted by molar-refractivity contribution is -0.172. The number of rotatable bonds is 0. The van der Waals surface area contributed by atoms with E-state index in [1.165, 1.54) is 0 Å². The molecule has 2 rings (SSSR count). The first kappa shape index (κ1) is 16.1. The highest BCUT2D eigenvalue weighted by Crippen LogP contribution is 2.40. The van der Waals surface area contributed by atoms with Crippen molar-refractivity contribution < 1.29 is 22.7 Å². The molecule has 1 aromatic rings. The van der Waals surface area contributed by atoms with Gasteiger partial charge in [-0.3, -0.25) is 4.90 Å². The second kappa shape index (κ2) is 5.19. The van der Waals surface area contributed by atoms with Crippen molar-refractivity contribution in [2.45, 2.75) is 45.0 Å².